The van der Waals surface area contributed by atoms with Crippen LogP contribution in [0, 0.1) is 5.41 Å². The van der Waals surface area contributed by atoms with Crippen LogP contribution in [-0.4, -0.2) is 40.4 Å². The summed E-state index contributed by atoms with van der Waals surface area (Å²) in [6.45, 7) is 14.5. The molecule has 0 spiro atoms. The van der Waals surface area contributed by atoms with Gasteiger partial charge in [-0.2, -0.15) is 0 Å². The fourth-order valence-electron chi connectivity index (χ4n) is 4.98. The summed E-state index contributed by atoms with van der Waals surface area (Å²) in [7, 11) is 0. The SMILES string of the molecule is CC(C)(C)O[C@@H](CNC(=O)OCc1ccccc1)CN[C@@H](c1nc(-c2ccccc2)cn1Cc1ccccc1)C(C)(C)C. The quantitative estimate of drug-likeness (QED) is 0.182. The van der Waals surface area contributed by atoms with Crippen LogP contribution in [0.2, 0.25) is 0 Å². The third kappa shape index (κ3) is 10.1. The molecule has 1 amide bonds. The van der Waals surface area contributed by atoms with Crippen LogP contribution in [0.15, 0.2) is 97.2 Å². The van der Waals surface area contributed by atoms with E-state index in [1.807, 2.05) is 75.4 Å². The molecule has 0 bridgehead atoms. The minimum Gasteiger partial charge on any atom is -0.445 e. The van der Waals surface area contributed by atoms with E-state index in [2.05, 4.69) is 78.6 Å². The lowest BCUT2D eigenvalue weighted by Gasteiger charge is -2.34. The highest BCUT2D eigenvalue weighted by atomic mass is 16.5. The lowest BCUT2D eigenvalue weighted by molar-refractivity contribution is -0.0591. The zero-order valence-electron chi connectivity index (χ0n) is 26.3. The molecular weight excluding hydrogens is 536 g/mol. The monoisotopic (exact) mass is 582 g/mol. The highest BCUT2D eigenvalue weighted by molar-refractivity contribution is 5.67. The molecule has 0 aliphatic carbocycles. The summed E-state index contributed by atoms with van der Waals surface area (Å²) in [5.41, 5.74) is 3.60. The second-order valence-electron chi connectivity index (χ2n) is 13.0. The van der Waals surface area contributed by atoms with Crippen molar-refractivity contribution in [3.8, 4) is 11.3 Å². The second-order valence-corrected chi connectivity index (χ2v) is 13.0. The number of hydrogen-bond acceptors (Lipinski definition) is 5. The van der Waals surface area contributed by atoms with E-state index in [-0.39, 0.29) is 24.2 Å². The number of aromatic nitrogens is 2. The van der Waals surface area contributed by atoms with Gasteiger partial charge >= 0.3 is 6.09 Å². The highest BCUT2D eigenvalue weighted by Gasteiger charge is 2.32. The molecular formula is C36H46N4O3. The Morgan fingerprint density at radius 1 is 0.814 bits per heavy atom. The van der Waals surface area contributed by atoms with Crippen molar-refractivity contribution in [3.63, 3.8) is 0 Å². The average Bonchev–Trinajstić information content (AvgIpc) is 3.38. The summed E-state index contributed by atoms with van der Waals surface area (Å²) >= 11 is 0. The van der Waals surface area contributed by atoms with E-state index in [9.17, 15) is 4.79 Å². The number of ether oxygens (including phenoxy) is 2. The van der Waals surface area contributed by atoms with E-state index in [0.717, 1.165) is 22.6 Å². The lowest BCUT2D eigenvalue weighted by atomic mass is 9.86. The van der Waals surface area contributed by atoms with Crippen molar-refractivity contribution < 1.29 is 14.3 Å². The number of hydrogen-bond donors (Lipinski definition) is 2. The summed E-state index contributed by atoms with van der Waals surface area (Å²) in [5.74, 6) is 0.958. The maximum Gasteiger partial charge on any atom is 0.407 e. The second kappa shape index (κ2) is 14.5. The first kappa shape index (κ1) is 32.0. The van der Waals surface area contributed by atoms with Crippen molar-refractivity contribution in [2.45, 2.75) is 72.4 Å². The van der Waals surface area contributed by atoms with Crippen LogP contribution >= 0.6 is 0 Å². The Bertz CT molecular complexity index is 1410. The Hall–Kier alpha value is -3.94. The van der Waals surface area contributed by atoms with Gasteiger partial charge in [0.1, 0.15) is 12.4 Å². The Labute approximate surface area is 256 Å². The number of alkyl carbamates (subject to hydrolysis) is 1. The Balaban J connectivity index is 1.53. The number of carbonyl (C=O) groups excluding carboxylic acids is 1. The molecule has 1 heterocycles. The summed E-state index contributed by atoms with van der Waals surface area (Å²) < 4.78 is 14.1. The molecule has 0 fully saturated rings. The molecule has 7 nitrogen and oxygen atoms in total. The number of nitrogens with zero attached hydrogens (tertiary/aromatic N) is 2. The smallest absolute Gasteiger partial charge is 0.407 e. The van der Waals surface area contributed by atoms with Gasteiger partial charge in [0.25, 0.3) is 0 Å². The maximum absolute atomic E-state index is 12.5. The predicted octanol–water partition coefficient (Wildman–Crippen LogP) is 7.39. The summed E-state index contributed by atoms with van der Waals surface area (Å²) in [4.78, 5) is 17.7. The normalized spacial score (nSPS) is 13.3. The first-order valence-corrected chi connectivity index (χ1v) is 15.0. The number of benzene rings is 3. The molecule has 2 atom stereocenters. The minimum atomic E-state index is -0.468. The van der Waals surface area contributed by atoms with Crippen molar-refractivity contribution >= 4 is 6.09 Å². The first-order chi connectivity index (χ1) is 20.5. The highest BCUT2D eigenvalue weighted by Crippen LogP contribution is 2.34. The molecule has 0 saturated heterocycles. The molecule has 7 heteroatoms. The van der Waals surface area contributed by atoms with E-state index in [4.69, 9.17) is 14.5 Å². The van der Waals surface area contributed by atoms with Crippen LogP contribution in [0.4, 0.5) is 4.79 Å². The van der Waals surface area contributed by atoms with Gasteiger partial charge in [-0.05, 0) is 37.3 Å². The van der Waals surface area contributed by atoms with Gasteiger partial charge in [0.2, 0.25) is 0 Å². The molecule has 228 valence electrons. The zero-order valence-corrected chi connectivity index (χ0v) is 26.3. The largest absolute Gasteiger partial charge is 0.445 e. The van der Waals surface area contributed by atoms with Crippen molar-refractivity contribution in [1.82, 2.24) is 20.2 Å². The molecule has 4 rings (SSSR count). The summed E-state index contributed by atoms with van der Waals surface area (Å²) in [5, 5.41) is 6.67. The summed E-state index contributed by atoms with van der Waals surface area (Å²) in [6, 6.07) is 30.3. The molecule has 1 aromatic heterocycles. The van der Waals surface area contributed by atoms with E-state index in [1.165, 1.54) is 5.56 Å². The topological polar surface area (TPSA) is 77.4 Å². The molecule has 3 aromatic carbocycles. The Morgan fingerprint density at radius 2 is 1.40 bits per heavy atom. The van der Waals surface area contributed by atoms with Gasteiger partial charge in [-0.15, -0.1) is 0 Å². The third-order valence-electron chi connectivity index (χ3n) is 6.95. The van der Waals surface area contributed by atoms with Crippen molar-refractivity contribution in [2.75, 3.05) is 13.1 Å². The Morgan fingerprint density at radius 3 is 1.98 bits per heavy atom. The van der Waals surface area contributed by atoms with Gasteiger partial charge < -0.3 is 24.7 Å². The summed E-state index contributed by atoms with van der Waals surface area (Å²) in [6.07, 6.45) is 1.39. The van der Waals surface area contributed by atoms with Gasteiger partial charge in [-0.1, -0.05) is 112 Å². The predicted molar refractivity (Wildman–Crippen MR) is 173 cm³/mol. The maximum atomic E-state index is 12.5. The molecule has 0 unspecified atom stereocenters. The van der Waals surface area contributed by atoms with E-state index >= 15 is 0 Å². The van der Waals surface area contributed by atoms with Gasteiger partial charge in [0.15, 0.2) is 0 Å². The molecule has 2 N–H and O–H groups in total. The molecule has 0 aliphatic heterocycles. The van der Waals surface area contributed by atoms with Crippen molar-refractivity contribution in [1.29, 1.82) is 0 Å². The lowest BCUT2D eigenvalue weighted by Crippen LogP contribution is -2.46. The van der Waals surface area contributed by atoms with E-state index < -0.39 is 11.7 Å². The van der Waals surface area contributed by atoms with Gasteiger partial charge in [0, 0.05) is 31.4 Å². The third-order valence-corrected chi connectivity index (χ3v) is 6.95. The fraction of sp³-hybridized carbons (Fsp3) is 0.389. The van der Waals surface area contributed by atoms with E-state index in [0.29, 0.717) is 19.6 Å². The van der Waals surface area contributed by atoms with Crippen molar-refractivity contribution in [3.05, 3.63) is 114 Å². The molecule has 0 radical (unpaired) electrons. The molecule has 4 aromatic rings. The average molecular weight is 583 g/mol. The fourth-order valence-corrected chi connectivity index (χ4v) is 4.98. The van der Waals surface area contributed by atoms with Gasteiger partial charge in [0.05, 0.1) is 23.4 Å². The molecule has 0 saturated carbocycles. The molecule has 0 aliphatic rings. The minimum absolute atomic E-state index is 0.0928. The van der Waals surface area contributed by atoms with Crippen LogP contribution in [0.3, 0.4) is 0 Å². The van der Waals surface area contributed by atoms with Crippen LogP contribution < -0.4 is 10.6 Å². The number of carbonyl (C=O) groups is 1. The number of imidazole rings is 1. The van der Waals surface area contributed by atoms with E-state index in [1.54, 1.807) is 0 Å². The Kier molecular flexibility index (Phi) is 10.8. The van der Waals surface area contributed by atoms with Gasteiger partial charge in [-0.3, -0.25) is 0 Å². The van der Waals surface area contributed by atoms with Crippen LogP contribution in [-0.2, 0) is 22.6 Å². The number of rotatable bonds is 12. The zero-order chi connectivity index (χ0) is 30.9. The molecule has 43 heavy (non-hydrogen) atoms. The van der Waals surface area contributed by atoms with Crippen molar-refractivity contribution in [2.24, 2.45) is 5.41 Å². The number of amides is 1. The van der Waals surface area contributed by atoms with Crippen LogP contribution in [0.5, 0.6) is 0 Å². The van der Waals surface area contributed by atoms with Gasteiger partial charge in [-0.25, -0.2) is 9.78 Å². The first-order valence-electron chi connectivity index (χ1n) is 15.0. The number of nitrogens with one attached hydrogen (secondary N) is 2. The van der Waals surface area contributed by atoms with Crippen LogP contribution in [0.25, 0.3) is 11.3 Å². The van der Waals surface area contributed by atoms with Crippen LogP contribution in [0.1, 0.15) is 64.5 Å². The standard InChI is InChI=1S/C36H46N4O3/c1-35(2,3)32(33-39-31(29-20-14-9-15-21-29)25-40(33)24-27-16-10-7-11-17-27)37-22-30(43-36(4,5)6)23-38-34(41)42-26-28-18-12-8-13-19-28/h7-21,25,30,32,37H,22-24,26H2,1-6H3,(H,38,41)/t30-,32+/m1/s1.